The number of rotatable bonds is 4. The van der Waals surface area contributed by atoms with Crippen molar-refractivity contribution in [1.29, 1.82) is 0 Å². The van der Waals surface area contributed by atoms with Gasteiger partial charge in [0.05, 0.1) is 14.6 Å². The standard InChI is InChI=1S/C15H19IO3S/c1-12-5-7-14(8-6-12)20(17,18)11-13(16)9-10-15(2,3)19-4/h5-8,13H,11H2,1-4H3. The van der Waals surface area contributed by atoms with Gasteiger partial charge in [0.2, 0.25) is 0 Å². The Morgan fingerprint density at radius 2 is 1.85 bits per heavy atom. The number of hydrogen-bond donors (Lipinski definition) is 0. The summed E-state index contributed by atoms with van der Waals surface area (Å²) in [5.41, 5.74) is 0.480. The number of sulfone groups is 1. The number of methoxy groups -OCH3 is 1. The van der Waals surface area contributed by atoms with Crippen molar-refractivity contribution in [3.05, 3.63) is 29.8 Å². The van der Waals surface area contributed by atoms with E-state index in [1.54, 1.807) is 31.4 Å². The average molecular weight is 406 g/mol. The molecule has 1 aromatic carbocycles. The first-order valence-electron chi connectivity index (χ1n) is 6.18. The molecule has 20 heavy (non-hydrogen) atoms. The number of aryl methyl sites for hydroxylation is 1. The molecule has 0 radical (unpaired) electrons. The smallest absolute Gasteiger partial charge is 0.180 e. The van der Waals surface area contributed by atoms with E-state index < -0.39 is 15.4 Å². The lowest BCUT2D eigenvalue weighted by atomic mass is 10.1. The fourth-order valence-electron chi connectivity index (χ4n) is 1.38. The Hall–Kier alpha value is -0.580. The van der Waals surface area contributed by atoms with Gasteiger partial charge in [0.15, 0.2) is 9.84 Å². The molecule has 1 rings (SSSR count). The Kier molecular flexibility index (Phi) is 6.05. The van der Waals surface area contributed by atoms with Gasteiger partial charge >= 0.3 is 0 Å². The third-order valence-electron chi connectivity index (χ3n) is 2.79. The van der Waals surface area contributed by atoms with Crippen LogP contribution < -0.4 is 0 Å². The Morgan fingerprint density at radius 3 is 2.35 bits per heavy atom. The van der Waals surface area contributed by atoms with Crippen LogP contribution in [0.1, 0.15) is 19.4 Å². The van der Waals surface area contributed by atoms with Gasteiger partial charge in [0.25, 0.3) is 0 Å². The Balaban J connectivity index is 2.84. The van der Waals surface area contributed by atoms with Crippen molar-refractivity contribution in [3.63, 3.8) is 0 Å². The van der Waals surface area contributed by atoms with Crippen LogP contribution in [0.15, 0.2) is 29.2 Å². The summed E-state index contributed by atoms with van der Waals surface area (Å²) in [5.74, 6) is 5.89. The summed E-state index contributed by atoms with van der Waals surface area (Å²) in [6, 6.07) is 6.88. The maximum Gasteiger partial charge on any atom is 0.180 e. The zero-order chi connectivity index (χ0) is 15.4. The normalized spacial score (nSPS) is 13.4. The second-order valence-corrected chi connectivity index (χ2v) is 8.58. The maximum atomic E-state index is 12.2. The summed E-state index contributed by atoms with van der Waals surface area (Å²) >= 11 is 2.05. The molecule has 0 aliphatic rings. The molecular weight excluding hydrogens is 387 g/mol. The number of hydrogen-bond acceptors (Lipinski definition) is 3. The second kappa shape index (κ2) is 6.92. The molecule has 0 aromatic heterocycles. The van der Waals surface area contributed by atoms with Gasteiger partial charge in [-0.15, -0.1) is 0 Å². The van der Waals surface area contributed by atoms with Crippen molar-refractivity contribution >= 4 is 32.4 Å². The highest BCUT2D eigenvalue weighted by Crippen LogP contribution is 2.16. The van der Waals surface area contributed by atoms with Crippen molar-refractivity contribution in [2.45, 2.75) is 35.2 Å². The quantitative estimate of drug-likeness (QED) is 0.439. The first-order chi connectivity index (χ1) is 9.16. The monoisotopic (exact) mass is 406 g/mol. The van der Waals surface area contributed by atoms with Crippen LogP contribution in [0.4, 0.5) is 0 Å². The van der Waals surface area contributed by atoms with Gasteiger partial charge in [-0.2, -0.15) is 0 Å². The van der Waals surface area contributed by atoms with E-state index in [0.29, 0.717) is 4.90 Å². The Morgan fingerprint density at radius 1 is 1.30 bits per heavy atom. The summed E-state index contributed by atoms with van der Waals surface area (Å²) < 4.78 is 29.4. The summed E-state index contributed by atoms with van der Waals surface area (Å²) in [5, 5.41) is 0. The van der Waals surface area contributed by atoms with Crippen molar-refractivity contribution in [2.24, 2.45) is 0 Å². The molecule has 1 unspecified atom stereocenters. The second-order valence-electron chi connectivity index (χ2n) is 5.05. The fraction of sp³-hybridized carbons (Fsp3) is 0.467. The SMILES string of the molecule is COC(C)(C)C#CC(I)CS(=O)(=O)c1ccc(C)cc1. The minimum absolute atomic E-state index is 0.00339. The highest BCUT2D eigenvalue weighted by molar-refractivity contribution is 14.1. The number of alkyl halides is 1. The summed E-state index contributed by atoms with van der Waals surface area (Å²) in [7, 11) is -1.72. The van der Waals surface area contributed by atoms with E-state index in [1.165, 1.54) is 0 Å². The van der Waals surface area contributed by atoms with Gasteiger partial charge in [0.1, 0.15) is 5.60 Å². The topological polar surface area (TPSA) is 43.4 Å². The van der Waals surface area contributed by atoms with Gasteiger partial charge in [-0.25, -0.2) is 8.42 Å². The number of benzene rings is 1. The minimum atomic E-state index is -3.30. The van der Waals surface area contributed by atoms with Crippen LogP contribution in [0.3, 0.4) is 0 Å². The van der Waals surface area contributed by atoms with Crippen LogP contribution in [-0.2, 0) is 14.6 Å². The summed E-state index contributed by atoms with van der Waals surface area (Å²) in [6.07, 6.45) is 0. The molecule has 0 fully saturated rings. The van der Waals surface area contributed by atoms with Gasteiger partial charge in [-0.05, 0) is 32.9 Å². The van der Waals surface area contributed by atoms with Gasteiger partial charge in [-0.1, -0.05) is 52.1 Å². The van der Waals surface area contributed by atoms with Crippen LogP contribution >= 0.6 is 22.6 Å². The third-order valence-corrected chi connectivity index (χ3v) is 5.90. The Labute approximate surface area is 135 Å². The van der Waals surface area contributed by atoms with E-state index in [2.05, 4.69) is 11.8 Å². The molecular formula is C15H19IO3S. The molecule has 0 bridgehead atoms. The van der Waals surface area contributed by atoms with Crippen molar-refractivity contribution in [1.82, 2.24) is 0 Å². The van der Waals surface area contributed by atoms with E-state index in [9.17, 15) is 8.42 Å². The molecule has 110 valence electrons. The fourth-order valence-corrected chi connectivity index (χ4v) is 4.17. The summed E-state index contributed by atoms with van der Waals surface area (Å²) in [6.45, 7) is 5.62. The maximum absolute atomic E-state index is 12.2. The van der Waals surface area contributed by atoms with Gasteiger partial charge in [-0.3, -0.25) is 0 Å². The molecule has 5 heteroatoms. The van der Waals surface area contributed by atoms with Crippen molar-refractivity contribution in [3.8, 4) is 11.8 Å². The molecule has 3 nitrogen and oxygen atoms in total. The van der Waals surface area contributed by atoms with Crippen molar-refractivity contribution in [2.75, 3.05) is 12.9 Å². The lowest BCUT2D eigenvalue weighted by molar-refractivity contribution is 0.0741. The highest BCUT2D eigenvalue weighted by Gasteiger charge is 2.19. The molecule has 0 N–H and O–H groups in total. The zero-order valence-electron chi connectivity index (χ0n) is 12.1. The number of halogens is 1. The summed E-state index contributed by atoms with van der Waals surface area (Å²) in [4.78, 5) is 0.345. The molecule has 0 spiro atoms. The molecule has 0 saturated carbocycles. The van der Waals surface area contributed by atoms with Crippen LogP contribution in [0.5, 0.6) is 0 Å². The average Bonchev–Trinajstić information content (AvgIpc) is 2.36. The molecule has 1 aromatic rings. The molecule has 0 heterocycles. The lowest BCUT2D eigenvalue weighted by Gasteiger charge is -2.14. The van der Waals surface area contributed by atoms with Crippen LogP contribution in [0, 0.1) is 18.8 Å². The minimum Gasteiger partial charge on any atom is -0.366 e. The van der Waals surface area contributed by atoms with Crippen LogP contribution in [-0.4, -0.2) is 30.8 Å². The molecule has 1 atom stereocenters. The molecule has 0 aliphatic heterocycles. The van der Waals surface area contributed by atoms with Crippen molar-refractivity contribution < 1.29 is 13.2 Å². The van der Waals surface area contributed by atoms with Gasteiger partial charge < -0.3 is 4.74 Å². The van der Waals surface area contributed by atoms with E-state index in [4.69, 9.17) is 4.74 Å². The first-order valence-corrected chi connectivity index (χ1v) is 9.07. The first kappa shape index (κ1) is 17.5. The highest BCUT2D eigenvalue weighted by atomic mass is 127. The van der Waals surface area contributed by atoms with E-state index in [-0.39, 0.29) is 9.68 Å². The van der Waals surface area contributed by atoms with Crippen LogP contribution in [0.25, 0.3) is 0 Å². The molecule has 0 aliphatic carbocycles. The van der Waals surface area contributed by atoms with E-state index in [1.807, 2.05) is 43.4 Å². The lowest BCUT2D eigenvalue weighted by Crippen LogP contribution is -2.21. The third kappa shape index (κ3) is 5.43. The predicted molar refractivity (Wildman–Crippen MR) is 89.9 cm³/mol. The number of ether oxygens (including phenoxy) is 1. The Bertz CT molecular complexity index is 607. The van der Waals surface area contributed by atoms with Gasteiger partial charge in [0, 0.05) is 7.11 Å². The zero-order valence-corrected chi connectivity index (χ0v) is 15.1. The van der Waals surface area contributed by atoms with Crippen LogP contribution in [0.2, 0.25) is 0 Å². The van der Waals surface area contributed by atoms with E-state index >= 15 is 0 Å². The molecule has 0 amide bonds. The molecule has 0 saturated heterocycles. The van der Waals surface area contributed by atoms with E-state index in [0.717, 1.165) is 5.56 Å². The largest absolute Gasteiger partial charge is 0.366 e. The predicted octanol–water partition coefficient (Wildman–Crippen LogP) is 3.00.